The molecule has 2 aromatic rings. The second-order valence-corrected chi connectivity index (χ2v) is 7.50. The third-order valence-electron chi connectivity index (χ3n) is 3.94. The second-order valence-electron chi connectivity index (χ2n) is 5.83. The van der Waals surface area contributed by atoms with Gasteiger partial charge in [-0.15, -0.1) is 0 Å². The second kappa shape index (κ2) is 8.41. The van der Waals surface area contributed by atoms with Crippen LogP contribution in [0.2, 0.25) is 0 Å². The average Bonchev–Trinajstić information content (AvgIpc) is 2.93. The molecule has 0 radical (unpaired) electrons. The lowest BCUT2D eigenvalue weighted by atomic mass is 10.1. The van der Waals surface area contributed by atoms with Crippen LogP contribution in [0.1, 0.15) is 18.1 Å². The number of ether oxygens (including phenoxy) is 1. The van der Waals surface area contributed by atoms with Gasteiger partial charge in [0.1, 0.15) is 4.32 Å². The van der Waals surface area contributed by atoms with Crippen LogP contribution < -0.4 is 4.74 Å². The first-order chi connectivity index (χ1) is 13.4. The molecule has 28 heavy (non-hydrogen) atoms. The number of hydrogen-bond donors (Lipinski definition) is 1. The van der Waals surface area contributed by atoms with E-state index in [9.17, 15) is 20.0 Å². The first-order valence-electron chi connectivity index (χ1n) is 8.34. The number of phenols is 1. The number of carbonyl (C=O) groups is 1. The van der Waals surface area contributed by atoms with E-state index in [2.05, 4.69) is 0 Å². The highest BCUT2D eigenvalue weighted by molar-refractivity contribution is 8.26. The molecule has 0 spiro atoms. The van der Waals surface area contributed by atoms with Crippen molar-refractivity contribution in [2.45, 2.75) is 13.5 Å². The number of aromatic hydroxyl groups is 1. The fourth-order valence-corrected chi connectivity index (χ4v) is 3.88. The van der Waals surface area contributed by atoms with Crippen molar-refractivity contribution in [3.05, 3.63) is 68.6 Å². The lowest BCUT2D eigenvalue weighted by Crippen LogP contribution is -2.27. The summed E-state index contributed by atoms with van der Waals surface area (Å²) in [6.07, 6.45) is 1.40. The summed E-state index contributed by atoms with van der Waals surface area (Å²) in [5.41, 5.74) is 0.807. The topological polar surface area (TPSA) is 92.9 Å². The van der Waals surface area contributed by atoms with Crippen molar-refractivity contribution in [1.29, 1.82) is 0 Å². The Morgan fingerprint density at radius 2 is 2.04 bits per heavy atom. The predicted molar refractivity (Wildman–Crippen MR) is 111 cm³/mol. The third kappa shape index (κ3) is 4.15. The number of non-ortho nitro benzene ring substituents is 1. The third-order valence-corrected chi connectivity index (χ3v) is 5.32. The molecule has 1 N–H and O–H groups in total. The van der Waals surface area contributed by atoms with Crippen molar-refractivity contribution in [1.82, 2.24) is 4.90 Å². The van der Waals surface area contributed by atoms with E-state index in [-0.39, 0.29) is 40.2 Å². The minimum absolute atomic E-state index is 0.0114. The van der Waals surface area contributed by atoms with Gasteiger partial charge in [-0.2, -0.15) is 0 Å². The molecule has 0 bridgehead atoms. The maximum atomic E-state index is 12.8. The van der Waals surface area contributed by atoms with Gasteiger partial charge in [0.2, 0.25) is 0 Å². The number of nitrogens with zero attached hydrogens (tertiary/aromatic N) is 2. The number of nitro benzene ring substituents is 1. The summed E-state index contributed by atoms with van der Waals surface area (Å²) >= 11 is 6.39. The quantitative estimate of drug-likeness (QED) is 0.328. The highest BCUT2D eigenvalue weighted by Crippen LogP contribution is 2.39. The average molecular weight is 416 g/mol. The van der Waals surface area contributed by atoms with Gasteiger partial charge in [0.15, 0.2) is 11.5 Å². The highest BCUT2D eigenvalue weighted by Gasteiger charge is 2.32. The van der Waals surface area contributed by atoms with Gasteiger partial charge in [-0.3, -0.25) is 19.8 Å². The molecule has 1 heterocycles. The molecular weight excluding hydrogens is 400 g/mol. The number of benzene rings is 2. The molecule has 1 amide bonds. The van der Waals surface area contributed by atoms with Crippen molar-refractivity contribution in [2.24, 2.45) is 0 Å². The number of thioether (sulfide) groups is 1. The van der Waals surface area contributed by atoms with Crippen LogP contribution in [0.5, 0.6) is 11.5 Å². The summed E-state index contributed by atoms with van der Waals surface area (Å²) in [6, 6.07) is 11.8. The summed E-state index contributed by atoms with van der Waals surface area (Å²) in [6.45, 7) is 2.26. The van der Waals surface area contributed by atoms with Crippen LogP contribution in [-0.2, 0) is 11.3 Å². The summed E-state index contributed by atoms with van der Waals surface area (Å²) < 4.78 is 5.65. The van der Waals surface area contributed by atoms with Crippen LogP contribution in [0.25, 0.3) is 6.08 Å². The molecule has 3 rings (SSSR count). The Morgan fingerprint density at radius 1 is 1.32 bits per heavy atom. The number of thiocarbonyl (C=S) groups is 1. The van der Waals surface area contributed by atoms with Crippen molar-refractivity contribution in [3.8, 4) is 11.5 Å². The number of nitro groups is 1. The van der Waals surface area contributed by atoms with Crippen molar-refractivity contribution in [3.63, 3.8) is 0 Å². The standard InChI is InChI=1S/C19H16N2O5S2/c1-2-26-15-10-14(21(24)25)8-13(17(15)22)9-16-18(23)20(19(27)28-16)11-12-6-4-3-5-7-12/h3-10,22H,2,11H2,1H3/b16-9-. The van der Waals surface area contributed by atoms with Crippen LogP contribution in [-0.4, -0.2) is 31.8 Å². The summed E-state index contributed by atoms with van der Waals surface area (Å²) in [7, 11) is 0. The Bertz CT molecular complexity index is 976. The maximum absolute atomic E-state index is 12.8. The Labute approximate surface area is 170 Å². The lowest BCUT2D eigenvalue weighted by molar-refractivity contribution is -0.385. The Hall–Kier alpha value is -2.91. The first kappa shape index (κ1) is 19.8. The van der Waals surface area contributed by atoms with E-state index in [1.165, 1.54) is 17.0 Å². The molecule has 0 saturated carbocycles. The van der Waals surface area contributed by atoms with E-state index in [0.29, 0.717) is 10.9 Å². The summed E-state index contributed by atoms with van der Waals surface area (Å²) in [4.78, 5) is 25.1. The zero-order valence-corrected chi connectivity index (χ0v) is 16.5. The van der Waals surface area contributed by atoms with Crippen LogP contribution in [0.15, 0.2) is 47.4 Å². The molecule has 0 aliphatic carbocycles. The summed E-state index contributed by atoms with van der Waals surface area (Å²) in [5.74, 6) is -0.591. The molecule has 1 fully saturated rings. The van der Waals surface area contributed by atoms with E-state index in [1.54, 1.807) is 6.92 Å². The van der Waals surface area contributed by atoms with Crippen LogP contribution in [0, 0.1) is 10.1 Å². The molecule has 144 valence electrons. The Kier molecular flexibility index (Phi) is 5.96. The molecule has 0 aromatic heterocycles. The number of amides is 1. The molecule has 7 nitrogen and oxygen atoms in total. The van der Waals surface area contributed by atoms with Gasteiger partial charge in [-0.1, -0.05) is 54.3 Å². The highest BCUT2D eigenvalue weighted by atomic mass is 32.2. The first-order valence-corrected chi connectivity index (χ1v) is 9.56. The van der Waals surface area contributed by atoms with E-state index in [0.717, 1.165) is 23.4 Å². The van der Waals surface area contributed by atoms with Crippen molar-refractivity contribution >= 4 is 46.0 Å². The fraction of sp³-hybridized carbons (Fsp3) is 0.158. The molecule has 1 aliphatic rings. The molecular formula is C19H16N2O5S2. The SMILES string of the molecule is CCOc1cc([N+](=O)[O-])cc(/C=C2\SC(=S)N(Cc3ccccc3)C2=O)c1O. The fourth-order valence-electron chi connectivity index (χ4n) is 2.64. The minimum Gasteiger partial charge on any atom is -0.504 e. The minimum atomic E-state index is -0.583. The molecule has 9 heteroatoms. The zero-order valence-electron chi connectivity index (χ0n) is 14.8. The normalized spacial score (nSPS) is 15.3. The largest absolute Gasteiger partial charge is 0.504 e. The number of rotatable bonds is 6. The van der Waals surface area contributed by atoms with Gasteiger partial charge in [-0.05, 0) is 18.6 Å². The number of phenolic OH excluding ortho intramolecular Hbond substituents is 1. The molecule has 2 aromatic carbocycles. The van der Waals surface area contributed by atoms with Gasteiger partial charge < -0.3 is 9.84 Å². The zero-order chi connectivity index (χ0) is 20.3. The molecule has 0 unspecified atom stereocenters. The maximum Gasteiger partial charge on any atom is 0.274 e. The van der Waals surface area contributed by atoms with Gasteiger partial charge in [0.05, 0.1) is 29.0 Å². The number of carbonyl (C=O) groups excluding carboxylic acids is 1. The van der Waals surface area contributed by atoms with Gasteiger partial charge in [0, 0.05) is 11.6 Å². The van der Waals surface area contributed by atoms with E-state index in [1.807, 2.05) is 30.3 Å². The molecule has 0 atom stereocenters. The van der Waals surface area contributed by atoms with E-state index < -0.39 is 4.92 Å². The monoisotopic (exact) mass is 416 g/mol. The predicted octanol–water partition coefficient (Wildman–Crippen LogP) is 4.10. The van der Waals surface area contributed by atoms with Gasteiger partial charge in [0.25, 0.3) is 11.6 Å². The van der Waals surface area contributed by atoms with Crippen molar-refractivity contribution in [2.75, 3.05) is 6.61 Å². The smallest absolute Gasteiger partial charge is 0.274 e. The van der Waals surface area contributed by atoms with E-state index in [4.69, 9.17) is 17.0 Å². The summed E-state index contributed by atoms with van der Waals surface area (Å²) in [5, 5.41) is 21.6. The van der Waals surface area contributed by atoms with Crippen LogP contribution in [0.4, 0.5) is 5.69 Å². The number of hydrogen-bond acceptors (Lipinski definition) is 7. The van der Waals surface area contributed by atoms with Crippen LogP contribution in [0.3, 0.4) is 0 Å². The van der Waals surface area contributed by atoms with E-state index >= 15 is 0 Å². The van der Waals surface area contributed by atoms with Gasteiger partial charge in [-0.25, -0.2) is 0 Å². The van der Waals surface area contributed by atoms with Gasteiger partial charge >= 0.3 is 0 Å². The van der Waals surface area contributed by atoms with Crippen LogP contribution >= 0.6 is 24.0 Å². The Morgan fingerprint density at radius 3 is 2.68 bits per heavy atom. The lowest BCUT2D eigenvalue weighted by Gasteiger charge is -2.14. The molecule has 1 aliphatic heterocycles. The van der Waals surface area contributed by atoms with Crippen molar-refractivity contribution < 1.29 is 19.6 Å². The Balaban J connectivity index is 1.94. The molecule has 1 saturated heterocycles.